The minimum absolute atomic E-state index is 0.0422. The summed E-state index contributed by atoms with van der Waals surface area (Å²) in [7, 11) is 0. The number of rotatable bonds is 5. The van der Waals surface area contributed by atoms with Crippen molar-refractivity contribution in [3.63, 3.8) is 0 Å². The number of ether oxygens (including phenoxy) is 1. The fraction of sp³-hybridized carbons (Fsp3) is 0.333. The highest BCUT2D eigenvalue weighted by atomic mass is 16.5. The van der Waals surface area contributed by atoms with Gasteiger partial charge >= 0.3 is 0 Å². The smallest absolute Gasteiger partial charge is 0.277 e. The van der Waals surface area contributed by atoms with E-state index in [1.807, 2.05) is 36.4 Å². The number of nitrogens with zero attached hydrogens (tertiary/aromatic N) is 1. The number of hydrogen-bond acceptors (Lipinski definition) is 3. The van der Waals surface area contributed by atoms with Crippen molar-refractivity contribution in [3.05, 3.63) is 65.2 Å². The van der Waals surface area contributed by atoms with Gasteiger partial charge in [0, 0.05) is 5.56 Å². The third-order valence-corrected chi connectivity index (χ3v) is 4.42. The molecular weight excluding hydrogens is 312 g/mol. The summed E-state index contributed by atoms with van der Waals surface area (Å²) in [5.41, 5.74) is 7.24. The van der Waals surface area contributed by atoms with Crippen LogP contribution in [0.15, 0.2) is 53.6 Å². The molecule has 3 rings (SSSR count). The van der Waals surface area contributed by atoms with Gasteiger partial charge in [0.2, 0.25) is 0 Å². The summed E-state index contributed by atoms with van der Waals surface area (Å²) in [6.45, 7) is 4.25. The van der Waals surface area contributed by atoms with Crippen LogP contribution in [-0.4, -0.2) is 18.2 Å². The van der Waals surface area contributed by atoms with Crippen molar-refractivity contribution in [1.82, 2.24) is 5.43 Å². The van der Waals surface area contributed by atoms with Gasteiger partial charge in [0.05, 0.1) is 5.71 Å². The van der Waals surface area contributed by atoms with Gasteiger partial charge < -0.3 is 4.74 Å². The van der Waals surface area contributed by atoms with Crippen molar-refractivity contribution < 1.29 is 9.53 Å². The van der Waals surface area contributed by atoms with Gasteiger partial charge in [-0.1, -0.05) is 50.2 Å². The summed E-state index contributed by atoms with van der Waals surface area (Å²) >= 11 is 0. The predicted octanol–water partition coefficient (Wildman–Crippen LogP) is 4.05. The molecule has 1 N–H and O–H groups in total. The SMILES string of the molecule is CC(C)c1ccc(OCC(=O)NN=C2CCCc3ccccc32)cc1. The summed E-state index contributed by atoms with van der Waals surface area (Å²) in [5, 5.41) is 4.31. The Hall–Kier alpha value is -2.62. The Morgan fingerprint density at radius 1 is 1.12 bits per heavy atom. The molecule has 0 bridgehead atoms. The van der Waals surface area contributed by atoms with E-state index in [-0.39, 0.29) is 12.5 Å². The second-order valence-corrected chi connectivity index (χ2v) is 6.62. The van der Waals surface area contributed by atoms with Crippen molar-refractivity contribution >= 4 is 11.6 Å². The average molecular weight is 336 g/mol. The van der Waals surface area contributed by atoms with Gasteiger partial charge in [0.15, 0.2) is 6.61 Å². The number of benzene rings is 2. The summed E-state index contributed by atoms with van der Waals surface area (Å²) in [6.07, 6.45) is 3.01. The summed E-state index contributed by atoms with van der Waals surface area (Å²) in [6, 6.07) is 16.1. The van der Waals surface area contributed by atoms with Gasteiger partial charge in [0.25, 0.3) is 5.91 Å². The van der Waals surface area contributed by atoms with Gasteiger partial charge in [-0.15, -0.1) is 0 Å². The van der Waals surface area contributed by atoms with Crippen molar-refractivity contribution in [2.24, 2.45) is 5.10 Å². The van der Waals surface area contributed by atoms with Crippen molar-refractivity contribution in [3.8, 4) is 5.75 Å². The number of aryl methyl sites for hydroxylation is 1. The van der Waals surface area contributed by atoms with Crippen LogP contribution in [0.5, 0.6) is 5.75 Å². The maximum Gasteiger partial charge on any atom is 0.277 e. The molecule has 1 aliphatic rings. The van der Waals surface area contributed by atoms with E-state index < -0.39 is 0 Å². The van der Waals surface area contributed by atoms with E-state index in [2.05, 4.69) is 36.5 Å². The average Bonchev–Trinajstić information content (AvgIpc) is 2.65. The van der Waals surface area contributed by atoms with E-state index >= 15 is 0 Å². The molecule has 25 heavy (non-hydrogen) atoms. The molecule has 0 saturated carbocycles. The lowest BCUT2D eigenvalue weighted by Gasteiger charge is -2.17. The van der Waals surface area contributed by atoms with Gasteiger partial charge in [-0.05, 0) is 48.4 Å². The highest BCUT2D eigenvalue weighted by Gasteiger charge is 2.15. The van der Waals surface area contributed by atoms with Crippen LogP contribution in [0.1, 0.15) is 49.3 Å². The first-order valence-electron chi connectivity index (χ1n) is 8.80. The Kier molecular flexibility index (Phi) is 5.49. The Balaban J connectivity index is 1.55. The summed E-state index contributed by atoms with van der Waals surface area (Å²) < 4.78 is 5.53. The number of carbonyl (C=O) groups is 1. The van der Waals surface area contributed by atoms with E-state index in [0.29, 0.717) is 11.7 Å². The third-order valence-electron chi connectivity index (χ3n) is 4.42. The molecule has 130 valence electrons. The largest absolute Gasteiger partial charge is 0.484 e. The van der Waals surface area contributed by atoms with Crippen LogP contribution < -0.4 is 10.2 Å². The quantitative estimate of drug-likeness (QED) is 0.838. The van der Waals surface area contributed by atoms with E-state index in [1.54, 1.807) is 0 Å². The van der Waals surface area contributed by atoms with Crippen LogP contribution in [0.4, 0.5) is 0 Å². The topological polar surface area (TPSA) is 50.7 Å². The monoisotopic (exact) mass is 336 g/mol. The molecule has 4 nitrogen and oxygen atoms in total. The maximum absolute atomic E-state index is 12.0. The van der Waals surface area contributed by atoms with Gasteiger partial charge in [-0.25, -0.2) is 5.43 Å². The van der Waals surface area contributed by atoms with Crippen LogP contribution in [0.2, 0.25) is 0 Å². The highest BCUT2D eigenvalue weighted by Crippen LogP contribution is 2.21. The molecule has 0 aliphatic heterocycles. The van der Waals surface area contributed by atoms with E-state index in [1.165, 1.54) is 11.1 Å². The Labute approximate surface area is 148 Å². The van der Waals surface area contributed by atoms with E-state index in [0.717, 1.165) is 30.5 Å². The number of hydrogen-bond donors (Lipinski definition) is 1. The molecule has 0 radical (unpaired) electrons. The van der Waals surface area contributed by atoms with Crippen molar-refractivity contribution in [2.75, 3.05) is 6.61 Å². The third kappa shape index (κ3) is 4.47. The van der Waals surface area contributed by atoms with Crippen molar-refractivity contribution in [1.29, 1.82) is 0 Å². The first kappa shape index (κ1) is 17.2. The number of fused-ring (bicyclic) bond motifs is 1. The molecule has 2 aromatic rings. The molecular formula is C21H24N2O2. The molecule has 1 aliphatic carbocycles. The summed E-state index contributed by atoms with van der Waals surface area (Å²) in [5.74, 6) is 0.922. The van der Waals surface area contributed by atoms with Crippen LogP contribution in [-0.2, 0) is 11.2 Å². The predicted molar refractivity (Wildman–Crippen MR) is 100 cm³/mol. The molecule has 0 spiro atoms. The Morgan fingerprint density at radius 2 is 1.88 bits per heavy atom. The highest BCUT2D eigenvalue weighted by molar-refractivity contribution is 6.03. The fourth-order valence-corrected chi connectivity index (χ4v) is 2.98. The molecule has 0 unspecified atom stereocenters. The first-order chi connectivity index (χ1) is 12.1. The van der Waals surface area contributed by atoms with Gasteiger partial charge in [-0.3, -0.25) is 4.79 Å². The normalized spacial score (nSPS) is 15.1. The van der Waals surface area contributed by atoms with E-state index in [9.17, 15) is 4.79 Å². The minimum Gasteiger partial charge on any atom is -0.484 e. The molecule has 0 fully saturated rings. The number of carbonyl (C=O) groups excluding carboxylic acids is 1. The van der Waals surface area contributed by atoms with Crippen LogP contribution >= 0.6 is 0 Å². The second kappa shape index (κ2) is 7.97. The van der Waals surface area contributed by atoms with Gasteiger partial charge in [-0.2, -0.15) is 5.10 Å². The molecule has 1 amide bonds. The molecule has 0 atom stereocenters. The minimum atomic E-state index is -0.247. The summed E-state index contributed by atoms with van der Waals surface area (Å²) in [4.78, 5) is 12.0. The maximum atomic E-state index is 12.0. The molecule has 2 aromatic carbocycles. The first-order valence-corrected chi connectivity index (χ1v) is 8.80. The molecule has 4 heteroatoms. The lowest BCUT2D eigenvalue weighted by molar-refractivity contribution is -0.123. The Bertz CT molecular complexity index is 764. The standard InChI is InChI=1S/C21H24N2O2/c1-15(2)16-10-12-18(13-11-16)25-14-21(24)23-22-20-9-5-7-17-6-3-4-8-19(17)20/h3-4,6,8,10-13,15H,5,7,9,14H2,1-2H3,(H,23,24). The fourth-order valence-electron chi connectivity index (χ4n) is 2.98. The molecule has 0 aromatic heterocycles. The van der Waals surface area contributed by atoms with Crippen LogP contribution in [0.25, 0.3) is 0 Å². The number of hydrazone groups is 1. The molecule has 0 heterocycles. The number of nitrogens with one attached hydrogen (secondary N) is 1. The zero-order valence-corrected chi connectivity index (χ0v) is 14.8. The zero-order chi connectivity index (χ0) is 17.6. The van der Waals surface area contributed by atoms with Gasteiger partial charge in [0.1, 0.15) is 5.75 Å². The number of amides is 1. The van der Waals surface area contributed by atoms with Crippen molar-refractivity contribution in [2.45, 2.75) is 39.0 Å². The lowest BCUT2D eigenvalue weighted by atomic mass is 9.90. The van der Waals surface area contributed by atoms with Crippen LogP contribution in [0, 0.1) is 0 Å². The molecule has 0 saturated heterocycles. The second-order valence-electron chi connectivity index (χ2n) is 6.62. The Morgan fingerprint density at radius 3 is 2.64 bits per heavy atom. The van der Waals surface area contributed by atoms with E-state index in [4.69, 9.17) is 4.74 Å². The lowest BCUT2D eigenvalue weighted by Crippen LogP contribution is -2.26. The zero-order valence-electron chi connectivity index (χ0n) is 14.8. The van der Waals surface area contributed by atoms with Crippen LogP contribution in [0.3, 0.4) is 0 Å².